The summed E-state index contributed by atoms with van der Waals surface area (Å²) in [5.74, 6) is -6.42. The second-order valence-corrected chi connectivity index (χ2v) is 11.4. The van der Waals surface area contributed by atoms with E-state index < -0.39 is 84.5 Å². The highest BCUT2D eigenvalue weighted by Gasteiger charge is 2.53. The maximum Gasteiger partial charge on any atom is 0.308 e. The second-order valence-electron chi connectivity index (χ2n) is 11.4. The molecule has 53 heavy (non-hydrogen) atoms. The molecule has 2 aromatic carbocycles. The maximum absolute atomic E-state index is 13.5. The van der Waals surface area contributed by atoms with Crippen LogP contribution in [0.15, 0.2) is 45.6 Å². The lowest BCUT2D eigenvalue weighted by Gasteiger charge is -2.43. The Labute approximate surface area is 300 Å². The summed E-state index contributed by atoms with van der Waals surface area (Å²) in [6.45, 7) is 7.10. The summed E-state index contributed by atoms with van der Waals surface area (Å²) < 4.78 is 55.0. The van der Waals surface area contributed by atoms with Gasteiger partial charge in [-0.2, -0.15) is 0 Å². The number of rotatable bonds is 11. The van der Waals surface area contributed by atoms with Gasteiger partial charge in [0.05, 0.1) is 0 Å². The van der Waals surface area contributed by atoms with Gasteiger partial charge in [0, 0.05) is 72.2 Å². The van der Waals surface area contributed by atoms with Crippen LogP contribution in [0.4, 0.5) is 0 Å². The minimum atomic E-state index is -1.69. The van der Waals surface area contributed by atoms with Crippen LogP contribution in [-0.4, -0.2) is 79.1 Å². The molecular formula is C35H34O18. The molecule has 0 aliphatic carbocycles. The summed E-state index contributed by atoms with van der Waals surface area (Å²) in [7, 11) is 0. The molecule has 0 saturated carbocycles. The average Bonchev–Trinajstić information content (AvgIpc) is 3.02. The van der Waals surface area contributed by atoms with Crippen LogP contribution in [0, 0.1) is 0 Å². The van der Waals surface area contributed by atoms with Crippen molar-refractivity contribution < 1.29 is 80.6 Å². The maximum atomic E-state index is 13.5. The predicted octanol–water partition coefficient (Wildman–Crippen LogP) is 2.70. The summed E-state index contributed by atoms with van der Waals surface area (Å²) in [6, 6.07) is 7.44. The molecule has 18 heteroatoms. The highest BCUT2D eigenvalue weighted by molar-refractivity contribution is 5.89. The van der Waals surface area contributed by atoms with Crippen molar-refractivity contribution in [2.24, 2.45) is 0 Å². The van der Waals surface area contributed by atoms with E-state index >= 15 is 0 Å². The van der Waals surface area contributed by atoms with Gasteiger partial charge in [-0.1, -0.05) is 0 Å². The van der Waals surface area contributed by atoms with Gasteiger partial charge in [-0.05, 0) is 18.2 Å². The van der Waals surface area contributed by atoms with E-state index in [9.17, 15) is 38.4 Å². The van der Waals surface area contributed by atoms with Crippen molar-refractivity contribution in [1.29, 1.82) is 0 Å². The Hall–Kier alpha value is -6.30. The van der Waals surface area contributed by atoms with Crippen LogP contribution < -0.4 is 24.4 Å². The standard InChI is InChI=1S/C35H34O18/c1-15(36)44-14-30-32(48-19(5)40)33(49-20(6)41)34(50-21(7)42)35(53-30)51-23-11-28(47-18(4)39)31-24(43)13-26(52-29(31)12-23)22-8-9-25(45-16(2)37)27(10-22)46-17(3)38/h8-13,30,32-35H,14H2,1-7H3/t30?,32-,33-,34?,35-/m1/s1. The highest BCUT2D eigenvalue weighted by Crippen LogP contribution is 2.38. The molecule has 1 saturated heterocycles. The summed E-state index contributed by atoms with van der Waals surface area (Å²) in [6.07, 6.45) is -7.66. The number of carbonyl (C=O) groups excluding carboxylic acids is 7. The van der Waals surface area contributed by atoms with Gasteiger partial charge in [-0.25, -0.2) is 0 Å². The molecule has 0 amide bonds. The third-order valence-electron chi connectivity index (χ3n) is 6.96. The van der Waals surface area contributed by atoms with Gasteiger partial charge in [0.1, 0.15) is 40.9 Å². The lowest BCUT2D eigenvalue weighted by Crippen LogP contribution is -2.63. The predicted molar refractivity (Wildman–Crippen MR) is 174 cm³/mol. The summed E-state index contributed by atoms with van der Waals surface area (Å²) in [4.78, 5) is 97.2. The van der Waals surface area contributed by atoms with Crippen LogP contribution in [-0.2, 0) is 57.2 Å². The summed E-state index contributed by atoms with van der Waals surface area (Å²) >= 11 is 0. The quantitative estimate of drug-likeness (QED) is 0.156. The van der Waals surface area contributed by atoms with E-state index in [1.165, 1.54) is 24.3 Å². The molecule has 0 bridgehead atoms. The fraction of sp³-hybridized carbons (Fsp3) is 0.371. The smallest absolute Gasteiger partial charge is 0.308 e. The molecule has 4 rings (SSSR count). The molecule has 2 heterocycles. The van der Waals surface area contributed by atoms with Gasteiger partial charge < -0.3 is 47.0 Å². The first-order chi connectivity index (χ1) is 24.9. The Morgan fingerprint density at radius 2 is 1.17 bits per heavy atom. The van der Waals surface area contributed by atoms with E-state index in [4.69, 9.17) is 47.0 Å². The van der Waals surface area contributed by atoms with Crippen molar-refractivity contribution in [3.63, 3.8) is 0 Å². The number of hydrogen-bond donors (Lipinski definition) is 0. The molecule has 18 nitrogen and oxygen atoms in total. The zero-order chi connectivity index (χ0) is 39.1. The summed E-state index contributed by atoms with van der Waals surface area (Å²) in [5, 5.41) is -0.199. The Morgan fingerprint density at radius 1 is 0.604 bits per heavy atom. The minimum absolute atomic E-state index is 0.0801. The molecule has 0 N–H and O–H groups in total. The zero-order valence-electron chi connectivity index (χ0n) is 29.4. The lowest BCUT2D eigenvalue weighted by molar-refractivity contribution is -0.288. The van der Waals surface area contributed by atoms with E-state index in [1.807, 2.05) is 0 Å². The van der Waals surface area contributed by atoms with E-state index in [0.29, 0.717) is 0 Å². The Morgan fingerprint density at radius 3 is 1.75 bits per heavy atom. The van der Waals surface area contributed by atoms with Gasteiger partial charge >= 0.3 is 41.8 Å². The van der Waals surface area contributed by atoms with Crippen LogP contribution in [0.3, 0.4) is 0 Å². The molecule has 2 unspecified atom stereocenters. The monoisotopic (exact) mass is 742 g/mol. The van der Waals surface area contributed by atoms with Gasteiger partial charge in [0.2, 0.25) is 12.4 Å². The molecule has 5 atom stereocenters. The van der Waals surface area contributed by atoms with Gasteiger partial charge in [-0.15, -0.1) is 0 Å². The Balaban J connectivity index is 1.87. The topological polar surface area (TPSA) is 233 Å². The molecule has 1 fully saturated rings. The number of hydrogen-bond acceptors (Lipinski definition) is 18. The largest absolute Gasteiger partial charge is 0.463 e. The minimum Gasteiger partial charge on any atom is -0.463 e. The molecule has 1 aliphatic rings. The van der Waals surface area contributed by atoms with E-state index in [0.717, 1.165) is 60.6 Å². The number of ether oxygens (including phenoxy) is 9. The van der Waals surface area contributed by atoms with Crippen molar-refractivity contribution >= 4 is 52.8 Å². The first-order valence-corrected chi connectivity index (χ1v) is 15.7. The van der Waals surface area contributed by atoms with Crippen molar-refractivity contribution in [3.05, 3.63) is 46.6 Å². The normalized spacial score (nSPS) is 19.3. The van der Waals surface area contributed by atoms with Crippen molar-refractivity contribution in [1.82, 2.24) is 0 Å². The van der Waals surface area contributed by atoms with Crippen molar-refractivity contribution in [2.75, 3.05) is 6.61 Å². The Kier molecular flexibility index (Phi) is 12.5. The Bertz CT molecular complexity index is 2010. The van der Waals surface area contributed by atoms with Crippen molar-refractivity contribution in [2.45, 2.75) is 79.2 Å². The lowest BCUT2D eigenvalue weighted by atomic mass is 9.98. The third-order valence-corrected chi connectivity index (χ3v) is 6.96. The van der Waals surface area contributed by atoms with Gasteiger partial charge in [0.25, 0.3) is 0 Å². The SMILES string of the molecule is CC(=O)OCC1O[C@@H](Oc2cc(OC(C)=O)c3c(=O)cc(-c4ccc(OC(C)=O)c(OC(C)=O)c4)oc3c2)C(OC(C)=O)[C@H](OC(C)=O)[C@@H]1OC(C)=O. The highest BCUT2D eigenvalue weighted by atomic mass is 16.7. The van der Waals surface area contributed by atoms with Crippen molar-refractivity contribution in [3.8, 4) is 34.3 Å². The molecule has 3 aromatic rings. The molecule has 0 spiro atoms. The molecule has 0 radical (unpaired) electrons. The van der Waals surface area contributed by atoms with Crippen LogP contribution >= 0.6 is 0 Å². The fourth-order valence-corrected chi connectivity index (χ4v) is 5.23. The van der Waals surface area contributed by atoms with Gasteiger partial charge in [-0.3, -0.25) is 38.4 Å². The molecule has 1 aromatic heterocycles. The third kappa shape index (κ3) is 10.4. The zero-order valence-corrected chi connectivity index (χ0v) is 29.4. The number of esters is 7. The molecule has 1 aliphatic heterocycles. The average molecular weight is 743 g/mol. The van der Waals surface area contributed by atoms with Crippen LogP contribution in [0.25, 0.3) is 22.3 Å². The van der Waals surface area contributed by atoms with Crippen LogP contribution in [0.1, 0.15) is 48.5 Å². The number of fused-ring (bicyclic) bond motifs is 1. The van der Waals surface area contributed by atoms with Gasteiger partial charge in [0.15, 0.2) is 29.1 Å². The van der Waals surface area contributed by atoms with Crippen LogP contribution in [0.5, 0.6) is 23.0 Å². The molecule has 282 valence electrons. The van der Waals surface area contributed by atoms with E-state index in [2.05, 4.69) is 0 Å². The first-order valence-electron chi connectivity index (χ1n) is 15.7. The van der Waals surface area contributed by atoms with E-state index in [-0.39, 0.29) is 45.3 Å². The summed E-state index contributed by atoms with van der Waals surface area (Å²) in [5.41, 5.74) is -0.699. The molecular weight excluding hydrogens is 708 g/mol. The first kappa shape index (κ1) is 39.5. The fourth-order valence-electron chi connectivity index (χ4n) is 5.23. The number of benzene rings is 2. The number of carbonyl (C=O) groups is 7. The van der Waals surface area contributed by atoms with Crippen LogP contribution in [0.2, 0.25) is 0 Å². The second kappa shape index (κ2) is 16.8. The van der Waals surface area contributed by atoms with E-state index in [1.54, 1.807) is 0 Å².